The minimum atomic E-state index is -1.19. The van der Waals surface area contributed by atoms with Crippen LogP contribution in [0.5, 0.6) is 11.5 Å². The van der Waals surface area contributed by atoms with E-state index >= 15 is 0 Å². The Bertz CT molecular complexity index is 652. The molecule has 2 N–H and O–H groups in total. The van der Waals surface area contributed by atoms with Crippen LogP contribution in [0.25, 0.3) is 0 Å². The van der Waals surface area contributed by atoms with Crippen LogP contribution >= 0.6 is 11.8 Å². The first-order chi connectivity index (χ1) is 11.4. The van der Waals surface area contributed by atoms with Crippen LogP contribution < -0.4 is 14.8 Å². The number of benzene rings is 1. The Morgan fingerprint density at radius 2 is 2.12 bits per heavy atom. The van der Waals surface area contributed by atoms with Crippen LogP contribution in [0.3, 0.4) is 0 Å². The molecule has 1 aromatic carbocycles. The van der Waals surface area contributed by atoms with Crippen molar-refractivity contribution in [2.45, 2.75) is 18.2 Å². The van der Waals surface area contributed by atoms with Gasteiger partial charge in [0.05, 0.1) is 5.25 Å². The lowest BCUT2D eigenvalue weighted by atomic mass is 10.1. The highest BCUT2D eigenvalue weighted by molar-refractivity contribution is 7.99. The fourth-order valence-corrected chi connectivity index (χ4v) is 3.35. The molecule has 130 valence electrons. The molecule has 2 atom stereocenters. The highest BCUT2D eigenvalue weighted by Gasteiger charge is 2.26. The number of carboxylic acid groups (broad SMARTS) is 1. The van der Waals surface area contributed by atoms with Crippen LogP contribution in [0.4, 0.5) is 0 Å². The van der Waals surface area contributed by atoms with E-state index in [1.54, 1.807) is 18.2 Å². The topological polar surface area (TPSA) is 128 Å². The van der Waals surface area contributed by atoms with E-state index < -0.39 is 28.1 Å². The third-order valence-electron chi connectivity index (χ3n) is 3.22. The van der Waals surface area contributed by atoms with E-state index in [2.05, 4.69) is 5.32 Å². The number of carbonyl (C=O) groups excluding carboxylic acids is 1. The lowest BCUT2D eigenvalue weighted by Gasteiger charge is -2.17. The normalized spacial score (nSPS) is 14.7. The van der Waals surface area contributed by atoms with Crippen LogP contribution in [0.15, 0.2) is 18.2 Å². The highest BCUT2D eigenvalue weighted by atomic mass is 32.2. The quantitative estimate of drug-likeness (QED) is 0.522. The number of aliphatic carboxylic acids is 1. The van der Waals surface area contributed by atoms with E-state index in [4.69, 9.17) is 14.6 Å². The van der Waals surface area contributed by atoms with Crippen LogP contribution in [-0.2, 0) is 9.59 Å². The van der Waals surface area contributed by atoms with Crippen molar-refractivity contribution in [3.05, 3.63) is 33.9 Å². The van der Waals surface area contributed by atoms with Gasteiger partial charge in [0.25, 0.3) is 0 Å². The summed E-state index contributed by atoms with van der Waals surface area (Å²) < 4.78 is 10.5. The van der Waals surface area contributed by atoms with Crippen molar-refractivity contribution in [1.29, 1.82) is 0 Å². The first-order valence-electron chi connectivity index (χ1n) is 6.99. The van der Waals surface area contributed by atoms with Crippen molar-refractivity contribution in [2.24, 2.45) is 0 Å². The molecular formula is C14H16N2O7S. The van der Waals surface area contributed by atoms with E-state index in [9.17, 15) is 19.7 Å². The van der Waals surface area contributed by atoms with Crippen LogP contribution in [0.2, 0.25) is 0 Å². The van der Waals surface area contributed by atoms with E-state index in [0.29, 0.717) is 17.1 Å². The van der Waals surface area contributed by atoms with E-state index in [-0.39, 0.29) is 19.1 Å². The third kappa shape index (κ3) is 4.75. The minimum Gasteiger partial charge on any atom is -0.480 e. The molecule has 0 saturated carbocycles. The molecule has 1 amide bonds. The number of rotatable bonds is 8. The number of nitrogens with one attached hydrogen (secondary N) is 1. The van der Waals surface area contributed by atoms with Crippen molar-refractivity contribution in [2.75, 3.05) is 19.1 Å². The maximum atomic E-state index is 11.2. The number of hydrogen-bond acceptors (Lipinski definition) is 7. The molecule has 0 saturated heterocycles. The van der Waals surface area contributed by atoms with Crippen molar-refractivity contribution in [3.63, 3.8) is 0 Å². The minimum absolute atomic E-state index is 0.00185. The number of nitrogens with zero attached hydrogens (tertiary/aromatic N) is 1. The molecule has 24 heavy (non-hydrogen) atoms. The Balaban J connectivity index is 2.11. The second kappa shape index (κ2) is 7.86. The zero-order valence-electron chi connectivity index (χ0n) is 12.8. The number of thioether (sulfide) groups is 1. The smallest absolute Gasteiger partial charge is 0.327 e. The molecule has 1 heterocycles. The molecule has 0 radical (unpaired) electrons. The monoisotopic (exact) mass is 356 g/mol. The average molecular weight is 356 g/mol. The number of amides is 1. The number of carbonyl (C=O) groups is 2. The van der Waals surface area contributed by atoms with Crippen LogP contribution in [0, 0.1) is 10.1 Å². The van der Waals surface area contributed by atoms with Gasteiger partial charge in [0.2, 0.25) is 19.2 Å². The van der Waals surface area contributed by atoms with Gasteiger partial charge in [-0.15, -0.1) is 11.8 Å². The lowest BCUT2D eigenvalue weighted by molar-refractivity contribution is -0.479. The van der Waals surface area contributed by atoms with Crippen molar-refractivity contribution >= 4 is 23.6 Å². The summed E-state index contributed by atoms with van der Waals surface area (Å²) in [6.07, 6.45) is 0. The Hall–Kier alpha value is -2.49. The Labute approximate surface area is 141 Å². The fraction of sp³-hybridized carbons (Fsp3) is 0.429. The summed E-state index contributed by atoms with van der Waals surface area (Å²) in [5, 5.41) is 21.8. The first-order valence-corrected chi connectivity index (χ1v) is 8.04. The number of ether oxygens (including phenoxy) is 2. The maximum Gasteiger partial charge on any atom is 0.327 e. The Kier molecular flexibility index (Phi) is 5.85. The lowest BCUT2D eigenvalue weighted by Crippen LogP contribution is -2.41. The summed E-state index contributed by atoms with van der Waals surface area (Å²) in [5.41, 5.74) is 0.632. The summed E-state index contributed by atoms with van der Waals surface area (Å²) in [4.78, 5) is 32.7. The standard InChI is InChI=1S/C14H16N2O7S/c1-8(17)15-10(14(18)19)6-24-13(5-16(20)21)9-2-3-11-12(4-9)23-7-22-11/h2-4,10,13H,5-7H2,1H3,(H,15,17)(H,18,19)/t10-,13-/m0/s1. The molecule has 10 heteroatoms. The molecule has 0 fully saturated rings. The SMILES string of the molecule is CC(=O)N[C@@H](CS[C@@H](C[N+](=O)[O-])c1ccc2c(c1)OCO2)C(=O)O. The molecule has 9 nitrogen and oxygen atoms in total. The van der Waals surface area contributed by atoms with E-state index in [1.807, 2.05) is 0 Å². The molecule has 2 rings (SSSR count). The Morgan fingerprint density at radius 1 is 1.42 bits per heavy atom. The summed E-state index contributed by atoms with van der Waals surface area (Å²) in [6, 6.07) is 3.88. The number of fused-ring (bicyclic) bond motifs is 1. The molecule has 1 aliphatic rings. The van der Waals surface area contributed by atoms with Gasteiger partial charge in [0, 0.05) is 17.6 Å². The second-order valence-corrected chi connectivity index (χ2v) is 6.28. The van der Waals surface area contributed by atoms with Crippen LogP contribution in [0.1, 0.15) is 17.7 Å². The zero-order valence-corrected chi connectivity index (χ0v) is 13.6. The first kappa shape index (κ1) is 17.9. The van der Waals surface area contributed by atoms with Gasteiger partial charge in [-0.3, -0.25) is 14.9 Å². The van der Waals surface area contributed by atoms with Gasteiger partial charge in [0.15, 0.2) is 11.5 Å². The van der Waals surface area contributed by atoms with Crippen LogP contribution in [-0.4, -0.2) is 47.0 Å². The van der Waals surface area contributed by atoms with Gasteiger partial charge in [-0.1, -0.05) is 6.07 Å². The third-order valence-corrected chi connectivity index (χ3v) is 4.57. The number of carboxylic acids is 1. The van der Waals surface area contributed by atoms with E-state index in [1.165, 1.54) is 6.92 Å². The summed E-state index contributed by atoms with van der Waals surface area (Å²) in [7, 11) is 0. The molecule has 0 spiro atoms. The van der Waals surface area contributed by atoms with Crippen molar-refractivity contribution in [1.82, 2.24) is 5.32 Å². The van der Waals surface area contributed by atoms with Gasteiger partial charge in [-0.25, -0.2) is 4.79 Å². The second-order valence-electron chi connectivity index (χ2n) is 5.04. The van der Waals surface area contributed by atoms with Gasteiger partial charge < -0.3 is 19.9 Å². The average Bonchev–Trinajstić information content (AvgIpc) is 2.96. The summed E-state index contributed by atoms with van der Waals surface area (Å²) >= 11 is 1.09. The molecule has 0 bridgehead atoms. The van der Waals surface area contributed by atoms with Crippen molar-refractivity contribution < 1.29 is 29.1 Å². The Morgan fingerprint density at radius 3 is 2.75 bits per heavy atom. The summed E-state index contributed by atoms with van der Waals surface area (Å²) in [6.45, 7) is 0.930. The largest absolute Gasteiger partial charge is 0.480 e. The molecule has 0 aliphatic carbocycles. The van der Waals surface area contributed by atoms with Gasteiger partial charge in [0.1, 0.15) is 6.04 Å². The highest BCUT2D eigenvalue weighted by Crippen LogP contribution is 2.38. The maximum absolute atomic E-state index is 11.2. The van der Waals surface area contributed by atoms with E-state index in [0.717, 1.165) is 11.8 Å². The summed E-state index contributed by atoms with van der Waals surface area (Å²) in [5.74, 6) is -0.606. The van der Waals surface area contributed by atoms with Crippen molar-refractivity contribution in [3.8, 4) is 11.5 Å². The molecule has 0 unspecified atom stereocenters. The number of hydrogen-bond donors (Lipinski definition) is 2. The predicted molar refractivity (Wildman–Crippen MR) is 84.9 cm³/mol. The van der Waals surface area contributed by atoms with Gasteiger partial charge in [-0.2, -0.15) is 0 Å². The molecular weight excluding hydrogens is 340 g/mol. The zero-order chi connectivity index (χ0) is 17.7. The number of nitro groups is 1. The fourth-order valence-electron chi connectivity index (χ4n) is 2.14. The molecule has 1 aromatic rings. The predicted octanol–water partition coefficient (Wildman–Crippen LogP) is 1.06. The molecule has 0 aromatic heterocycles. The van der Waals surface area contributed by atoms with Gasteiger partial charge in [-0.05, 0) is 17.7 Å². The van der Waals surface area contributed by atoms with Gasteiger partial charge >= 0.3 is 5.97 Å². The molecule has 1 aliphatic heterocycles.